The van der Waals surface area contributed by atoms with Crippen molar-refractivity contribution in [3.63, 3.8) is 0 Å². The van der Waals surface area contributed by atoms with Gasteiger partial charge in [-0.15, -0.1) is 0 Å². The summed E-state index contributed by atoms with van der Waals surface area (Å²) in [6.45, 7) is 1.39. The Kier molecular flexibility index (Phi) is 6.40. The van der Waals surface area contributed by atoms with E-state index in [1.54, 1.807) is 18.1 Å². The van der Waals surface area contributed by atoms with Crippen LogP contribution in [0.4, 0.5) is 0 Å². The fourth-order valence-corrected chi connectivity index (χ4v) is 2.53. The number of rotatable bonds is 9. The smallest absolute Gasteiger partial charge is 0.222 e. The minimum atomic E-state index is -0.0473. The third kappa shape index (κ3) is 5.57. The van der Waals surface area contributed by atoms with E-state index in [1.165, 1.54) is 6.33 Å². The van der Waals surface area contributed by atoms with Crippen LogP contribution in [0.25, 0.3) is 0 Å². The number of amides is 1. The van der Waals surface area contributed by atoms with E-state index in [0.29, 0.717) is 37.6 Å². The van der Waals surface area contributed by atoms with Gasteiger partial charge in [-0.05, 0) is 23.3 Å². The van der Waals surface area contributed by atoms with Crippen LogP contribution in [0.15, 0.2) is 61.2 Å². The first kappa shape index (κ1) is 18.4. The van der Waals surface area contributed by atoms with Gasteiger partial charge >= 0.3 is 0 Å². The fraction of sp³-hybridized carbons (Fsp3) is 0.250. The highest BCUT2D eigenvalue weighted by Crippen LogP contribution is 2.28. The molecule has 2 aromatic carbocycles. The van der Waals surface area contributed by atoms with Crippen molar-refractivity contribution in [2.24, 2.45) is 0 Å². The van der Waals surface area contributed by atoms with E-state index in [-0.39, 0.29) is 5.91 Å². The Morgan fingerprint density at radius 2 is 1.96 bits per heavy atom. The Balaban J connectivity index is 1.51. The lowest BCUT2D eigenvalue weighted by Crippen LogP contribution is -2.24. The molecule has 0 aliphatic carbocycles. The molecule has 7 heteroatoms. The molecule has 140 valence electrons. The number of carbonyl (C=O) groups is 1. The molecule has 27 heavy (non-hydrogen) atoms. The molecule has 0 atom stereocenters. The molecular formula is C20H22N4O3. The van der Waals surface area contributed by atoms with E-state index in [9.17, 15) is 4.79 Å². The first-order valence-electron chi connectivity index (χ1n) is 8.67. The highest BCUT2D eigenvalue weighted by molar-refractivity contribution is 5.75. The van der Waals surface area contributed by atoms with Crippen LogP contribution in [0.3, 0.4) is 0 Å². The number of nitrogens with zero attached hydrogens (tertiary/aromatic N) is 3. The second-order valence-corrected chi connectivity index (χ2v) is 5.94. The highest BCUT2D eigenvalue weighted by Gasteiger charge is 2.08. The predicted molar refractivity (Wildman–Crippen MR) is 100 cm³/mol. The van der Waals surface area contributed by atoms with Gasteiger partial charge in [0.15, 0.2) is 11.5 Å². The SMILES string of the molecule is COc1cc(CNC(=O)CCn2cncn2)ccc1OCc1ccccc1. The van der Waals surface area contributed by atoms with Gasteiger partial charge in [-0.2, -0.15) is 5.10 Å². The Morgan fingerprint density at radius 3 is 2.70 bits per heavy atom. The molecule has 1 aromatic heterocycles. The average molecular weight is 366 g/mol. The van der Waals surface area contributed by atoms with Crippen LogP contribution in [-0.4, -0.2) is 27.8 Å². The number of aromatic nitrogens is 3. The standard InChI is InChI=1S/C20H22N4O3/c1-26-19-11-17(12-22-20(25)9-10-24-15-21-14-23-24)7-8-18(19)27-13-16-5-3-2-4-6-16/h2-8,11,14-15H,9-10,12-13H2,1H3,(H,22,25). The summed E-state index contributed by atoms with van der Waals surface area (Å²) in [5.74, 6) is 1.26. The molecule has 0 aliphatic rings. The van der Waals surface area contributed by atoms with Gasteiger partial charge in [0.05, 0.1) is 13.7 Å². The number of aryl methyl sites for hydroxylation is 1. The van der Waals surface area contributed by atoms with E-state index >= 15 is 0 Å². The zero-order valence-corrected chi connectivity index (χ0v) is 15.2. The van der Waals surface area contributed by atoms with Crippen molar-refractivity contribution < 1.29 is 14.3 Å². The zero-order valence-electron chi connectivity index (χ0n) is 15.2. The Morgan fingerprint density at radius 1 is 1.11 bits per heavy atom. The number of methoxy groups -OCH3 is 1. The zero-order chi connectivity index (χ0) is 18.9. The van der Waals surface area contributed by atoms with Gasteiger partial charge in [-0.1, -0.05) is 36.4 Å². The molecule has 7 nitrogen and oxygen atoms in total. The largest absolute Gasteiger partial charge is 0.493 e. The van der Waals surface area contributed by atoms with E-state index in [2.05, 4.69) is 15.4 Å². The molecule has 0 saturated heterocycles. The average Bonchev–Trinajstić information content (AvgIpc) is 3.24. The summed E-state index contributed by atoms with van der Waals surface area (Å²) in [5, 5.41) is 6.87. The summed E-state index contributed by atoms with van der Waals surface area (Å²) in [4.78, 5) is 15.8. The molecule has 0 unspecified atom stereocenters. The molecule has 1 amide bonds. The van der Waals surface area contributed by atoms with Crippen LogP contribution in [0, 0.1) is 0 Å². The summed E-state index contributed by atoms with van der Waals surface area (Å²) < 4.78 is 12.9. The number of nitrogens with one attached hydrogen (secondary N) is 1. The van der Waals surface area contributed by atoms with Gasteiger partial charge in [-0.25, -0.2) is 4.98 Å². The number of hydrogen-bond acceptors (Lipinski definition) is 5. The summed E-state index contributed by atoms with van der Waals surface area (Å²) in [6, 6.07) is 15.6. The van der Waals surface area contributed by atoms with Gasteiger partial charge in [0.2, 0.25) is 5.91 Å². The molecule has 0 bridgehead atoms. The lowest BCUT2D eigenvalue weighted by molar-refractivity contribution is -0.121. The van der Waals surface area contributed by atoms with Crippen LogP contribution < -0.4 is 14.8 Å². The van der Waals surface area contributed by atoms with Crippen LogP contribution >= 0.6 is 0 Å². The molecule has 3 rings (SSSR count). The second kappa shape index (κ2) is 9.38. The van der Waals surface area contributed by atoms with Crippen molar-refractivity contribution in [3.8, 4) is 11.5 Å². The van der Waals surface area contributed by atoms with Crippen LogP contribution in [0.5, 0.6) is 11.5 Å². The topological polar surface area (TPSA) is 78.3 Å². The van der Waals surface area contributed by atoms with Crippen molar-refractivity contribution in [1.29, 1.82) is 0 Å². The third-order valence-corrected chi connectivity index (χ3v) is 3.99. The second-order valence-electron chi connectivity index (χ2n) is 5.94. The maximum Gasteiger partial charge on any atom is 0.222 e. The van der Waals surface area contributed by atoms with E-state index in [1.807, 2.05) is 48.5 Å². The molecule has 0 fully saturated rings. The molecule has 0 spiro atoms. The number of benzene rings is 2. The Bertz CT molecular complexity index is 851. The van der Waals surface area contributed by atoms with Crippen molar-refractivity contribution in [3.05, 3.63) is 72.3 Å². The van der Waals surface area contributed by atoms with Crippen LogP contribution in [0.1, 0.15) is 17.5 Å². The van der Waals surface area contributed by atoms with Gasteiger partial charge in [0.25, 0.3) is 0 Å². The monoisotopic (exact) mass is 366 g/mol. The van der Waals surface area contributed by atoms with Crippen molar-refractivity contribution in [1.82, 2.24) is 20.1 Å². The predicted octanol–water partition coefficient (Wildman–Crippen LogP) is 2.57. The normalized spacial score (nSPS) is 10.4. The fourth-order valence-electron chi connectivity index (χ4n) is 2.53. The Hall–Kier alpha value is -3.35. The molecule has 3 aromatic rings. The van der Waals surface area contributed by atoms with Crippen molar-refractivity contribution in [2.75, 3.05) is 7.11 Å². The van der Waals surface area contributed by atoms with E-state index in [0.717, 1.165) is 11.1 Å². The third-order valence-electron chi connectivity index (χ3n) is 3.99. The first-order chi connectivity index (χ1) is 13.2. The van der Waals surface area contributed by atoms with Crippen molar-refractivity contribution in [2.45, 2.75) is 26.1 Å². The maximum atomic E-state index is 12.0. The van der Waals surface area contributed by atoms with Gasteiger partial charge < -0.3 is 14.8 Å². The molecule has 0 radical (unpaired) electrons. The number of hydrogen-bond donors (Lipinski definition) is 1. The lowest BCUT2D eigenvalue weighted by atomic mass is 10.2. The van der Waals surface area contributed by atoms with Crippen LogP contribution in [-0.2, 0) is 24.5 Å². The maximum absolute atomic E-state index is 12.0. The minimum absolute atomic E-state index is 0.0473. The summed E-state index contributed by atoms with van der Waals surface area (Å²) in [6.07, 6.45) is 3.39. The van der Waals surface area contributed by atoms with E-state index in [4.69, 9.17) is 9.47 Å². The molecule has 1 heterocycles. The molecule has 0 saturated carbocycles. The summed E-state index contributed by atoms with van der Waals surface area (Å²) in [5.41, 5.74) is 2.02. The molecule has 0 aliphatic heterocycles. The van der Waals surface area contributed by atoms with E-state index < -0.39 is 0 Å². The first-order valence-corrected chi connectivity index (χ1v) is 8.67. The lowest BCUT2D eigenvalue weighted by Gasteiger charge is -2.13. The quantitative estimate of drug-likeness (QED) is 0.630. The Labute approximate surface area is 158 Å². The van der Waals surface area contributed by atoms with Gasteiger partial charge in [0.1, 0.15) is 19.3 Å². The van der Waals surface area contributed by atoms with Gasteiger partial charge in [-0.3, -0.25) is 9.48 Å². The van der Waals surface area contributed by atoms with Gasteiger partial charge in [0, 0.05) is 13.0 Å². The number of carbonyl (C=O) groups excluding carboxylic acids is 1. The summed E-state index contributed by atoms with van der Waals surface area (Å²) in [7, 11) is 1.60. The minimum Gasteiger partial charge on any atom is -0.493 e. The van der Waals surface area contributed by atoms with Crippen molar-refractivity contribution >= 4 is 5.91 Å². The van der Waals surface area contributed by atoms with Crippen LogP contribution in [0.2, 0.25) is 0 Å². The molecular weight excluding hydrogens is 344 g/mol. The summed E-state index contributed by atoms with van der Waals surface area (Å²) >= 11 is 0. The highest BCUT2D eigenvalue weighted by atomic mass is 16.5. The molecule has 1 N–H and O–H groups in total. The number of ether oxygens (including phenoxy) is 2.